The second-order valence-electron chi connectivity index (χ2n) is 3.38. The SMILES string of the molecule is Clc1cc(ONC2CCCC2)ncn1. The standard InChI is InChI=1S/C9H12ClN3O/c10-8-5-9(12-6-11-8)14-13-7-3-1-2-4-7/h5-7,13H,1-4H2. The zero-order valence-electron chi connectivity index (χ0n) is 7.74. The van der Waals surface area contributed by atoms with Gasteiger partial charge >= 0.3 is 0 Å². The summed E-state index contributed by atoms with van der Waals surface area (Å²) in [6.45, 7) is 0. The number of nitrogens with zero attached hydrogens (tertiary/aromatic N) is 2. The zero-order valence-corrected chi connectivity index (χ0v) is 8.50. The van der Waals surface area contributed by atoms with Gasteiger partial charge in [-0.05, 0) is 12.8 Å². The van der Waals surface area contributed by atoms with Gasteiger partial charge in [0.2, 0.25) is 5.88 Å². The van der Waals surface area contributed by atoms with E-state index in [9.17, 15) is 0 Å². The van der Waals surface area contributed by atoms with Crippen LogP contribution in [-0.2, 0) is 0 Å². The van der Waals surface area contributed by atoms with Gasteiger partial charge in [-0.2, -0.15) is 10.5 Å². The van der Waals surface area contributed by atoms with E-state index in [1.165, 1.54) is 32.0 Å². The van der Waals surface area contributed by atoms with Gasteiger partial charge in [0.1, 0.15) is 11.5 Å². The average Bonchev–Trinajstić information content (AvgIpc) is 2.67. The molecule has 0 spiro atoms. The number of aromatic nitrogens is 2. The van der Waals surface area contributed by atoms with Gasteiger partial charge in [-0.1, -0.05) is 24.4 Å². The Kier molecular flexibility index (Phi) is 3.16. The van der Waals surface area contributed by atoms with E-state index >= 15 is 0 Å². The van der Waals surface area contributed by atoms with E-state index in [1.807, 2.05) is 0 Å². The van der Waals surface area contributed by atoms with Crippen LogP contribution in [0.25, 0.3) is 0 Å². The largest absolute Gasteiger partial charge is 0.388 e. The van der Waals surface area contributed by atoms with Crippen molar-refractivity contribution in [3.8, 4) is 5.88 Å². The summed E-state index contributed by atoms with van der Waals surface area (Å²) in [6, 6.07) is 2.03. The molecule has 5 heteroatoms. The van der Waals surface area contributed by atoms with E-state index in [0.29, 0.717) is 17.1 Å². The van der Waals surface area contributed by atoms with Crippen molar-refractivity contribution >= 4 is 11.6 Å². The van der Waals surface area contributed by atoms with Crippen molar-refractivity contribution in [3.63, 3.8) is 0 Å². The molecule has 0 aliphatic heterocycles. The van der Waals surface area contributed by atoms with Crippen LogP contribution in [0.5, 0.6) is 5.88 Å². The van der Waals surface area contributed by atoms with Crippen LogP contribution in [0.2, 0.25) is 5.15 Å². The minimum absolute atomic E-state index is 0.392. The molecule has 1 saturated carbocycles. The van der Waals surface area contributed by atoms with Crippen molar-refractivity contribution in [3.05, 3.63) is 17.5 Å². The molecule has 0 unspecified atom stereocenters. The fraction of sp³-hybridized carbons (Fsp3) is 0.556. The first-order chi connectivity index (χ1) is 6.84. The van der Waals surface area contributed by atoms with Gasteiger partial charge in [0, 0.05) is 12.1 Å². The molecule has 0 amide bonds. The quantitative estimate of drug-likeness (QED) is 0.616. The van der Waals surface area contributed by atoms with Gasteiger partial charge in [0.05, 0.1) is 0 Å². The fourth-order valence-corrected chi connectivity index (χ4v) is 1.70. The molecular weight excluding hydrogens is 202 g/mol. The van der Waals surface area contributed by atoms with Crippen molar-refractivity contribution in [1.82, 2.24) is 15.4 Å². The molecule has 0 saturated heterocycles. The first-order valence-electron chi connectivity index (χ1n) is 4.74. The van der Waals surface area contributed by atoms with Crippen LogP contribution >= 0.6 is 11.6 Å². The van der Waals surface area contributed by atoms with E-state index in [-0.39, 0.29) is 0 Å². The third-order valence-electron chi connectivity index (χ3n) is 2.29. The zero-order chi connectivity index (χ0) is 9.80. The predicted molar refractivity (Wildman–Crippen MR) is 53.1 cm³/mol. The summed E-state index contributed by atoms with van der Waals surface area (Å²) in [5, 5.41) is 0.392. The molecule has 0 atom stereocenters. The third-order valence-corrected chi connectivity index (χ3v) is 2.50. The van der Waals surface area contributed by atoms with Crippen LogP contribution in [0.15, 0.2) is 12.4 Å². The summed E-state index contributed by atoms with van der Waals surface area (Å²) >= 11 is 5.68. The normalized spacial score (nSPS) is 17.2. The highest BCUT2D eigenvalue weighted by atomic mass is 35.5. The molecule has 2 rings (SSSR count). The highest BCUT2D eigenvalue weighted by Crippen LogP contribution is 2.18. The Labute approximate surface area is 87.6 Å². The van der Waals surface area contributed by atoms with Crippen molar-refractivity contribution in [2.75, 3.05) is 0 Å². The molecule has 1 fully saturated rings. The van der Waals surface area contributed by atoms with Gasteiger partial charge in [-0.3, -0.25) is 0 Å². The molecule has 0 bridgehead atoms. The average molecular weight is 214 g/mol. The van der Waals surface area contributed by atoms with Crippen molar-refractivity contribution < 1.29 is 4.84 Å². The highest BCUT2D eigenvalue weighted by molar-refractivity contribution is 6.29. The highest BCUT2D eigenvalue weighted by Gasteiger charge is 2.15. The third kappa shape index (κ3) is 2.56. The van der Waals surface area contributed by atoms with Crippen LogP contribution in [0.1, 0.15) is 25.7 Å². The number of hydrogen-bond donors (Lipinski definition) is 1. The maximum absolute atomic E-state index is 5.68. The molecule has 76 valence electrons. The summed E-state index contributed by atoms with van der Waals surface area (Å²) in [4.78, 5) is 13.0. The van der Waals surface area contributed by atoms with Gasteiger partial charge < -0.3 is 4.84 Å². The lowest BCUT2D eigenvalue weighted by Crippen LogP contribution is -2.29. The van der Waals surface area contributed by atoms with Gasteiger partial charge in [0.25, 0.3) is 0 Å². The number of halogens is 1. The molecule has 4 nitrogen and oxygen atoms in total. The van der Waals surface area contributed by atoms with Crippen LogP contribution < -0.4 is 10.3 Å². The second-order valence-corrected chi connectivity index (χ2v) is 3.77. The molecular formula is C9H12ClN3O. The maximum atomic E-state index is 5.68. The fourth-order valence-electron chi connectivity index (χ4n) is 1.56. The van der Waals surface area contributed by atoms with Crippen LogP contribution in [-0.4, -0.2) is 16.0 Å². The molecule has 1 heterocycles. The molecule has 0 aromatic carbocycles. The Hall–Kier alpha value is -0.870. The lowest BCUT2D eigenvalue weighted by molar-refractivity contribution is 0.149. The smallest absolute Gasteiger partial charge is 0.242 e. The van der Waals surface area contributed by atoms with Gasteiger partial charge in [0.15, 0.2) is 0 Å². The Morgan fingerprint density at radius 2 is 2.14 bits per heavy atom. The number of rotatable bonds is 3. The summed E-state index contributed by atoms with van der Waals surface area (Å²) in [5.74, 6) is 0.469. The van der Waals surface area contributed by atoms with Gasteiger partial charge in [-0.15, -0.1) is 0 Å². The van der Waals surface area contributed by atoms with E-state index in [4.69, 9.17) is 16.4 Å². The number of hydrogen-bond acceptors (Lipinski definition) is 4. The topological polar surface area (TPSA) is 47.0 Å². The predicted octanol–water partition coefficient (Wildman–Crippen LogP) is 1.96. The van der Waals surface area contributed by atoms with Crippen LogP contribution in [0, 0.1) is 0 Å². The Balaban J connectivity index is 1.85. The monoisotopic (exact) mass is 213 g/mol. The van der Waals surface area contributed by atoms with E-state index in [2.05, 4.69) is 15.4 Å². The van der Waals surface area contributed by atoms with Gasteiger partial charge in [-0.25, -0.2) is 4.98 Å². The second kappa shape index (κ2) is 4.57. The summed E-state index contributed by atoms with van der Waals surface area (Å²) < 4.78 is 0. The minimum atomic E-state index is 0.392. The summed E-state index contributed by atoms with van der Waals surface area (Å²) in [5.41, 5.74) is 2.98. The Bertz CT molecular complexity index is 302. The molecule has 1 aliphatic rings. The Morgan fingerprint density at radius 1 is 1.36 bits per heavy atom. The molecule has 0 radical (unpaired) electrons. The van der Waals surface area contributed by atoms with Crippen molar-refractivity contribution in [2.24, 2.45) is 0 Å². The molecule has 1 aliphatic carbocycles. The van der Waals surface area contributed by atoms with E-state index in [1.54, 1.807) is 6.07 Å². The van der Waals surface area contributed by atoms with Crippen LogP contribution in [0.4, 0.5) is 0 Å². The summed E-state index contributed by atoms with van der Waals surface area (Å²) in [6.07, 6.45) is 6.25. The molecule has 1 aromatic rings. The Morgan fingerprint density at radius 3 is 2.86 bits per heavy atom. The van der Waals surface area contributed by atoms with Crippen molar-refractivity contribution in [2.45, 2.75) is 31.7 Å². The molecule has 1 aromatic heterocycles. The molecule has 14 heavy (non-hydrogen) atoms. The first-order valence-corrected chi connectivity index (χ1v) is 5.12. The lowest BCUT2D eigenvalue weighted by atomic mass is 10.3. The lowest BCUT2D eigenvalue weighted by Gasteiger charge is -2.11. The number of nitrogens with one attached hydrogen (secondary N) is 1. The molecule has 1 N–H and O–H groups in total. The minimum Gasteiger partial charge on any atom is -0.388 e. The van der Waals surface area contributed by atoms with E-state index < -0.39 is 0 Å². The number of hydroxylamine groups is 1. The van der Waals surface area contributed by atoms with Crippen molar-refractivity contribution in [1.29, 1.82) is 0 Å². The first kappa shape index (κ1) is 9.68. The van der Waals surface area contributed by atoms with Crippen LogP contribution in [0.3, 0.4) is 0 Å². The maximum Gasteiger partial charge on any atom is 0.242 e. The van der Waals surface area contributed by atoms with E-state index in [0.717, 1.165) is 0 Å². The summed E-state index contributed by atoms with van der Waals surface area (Å²) in [7, 11) is 0.